The van der Waals surface area contributed by atoms with Crippen molar-refractivity contribution in [2.75, 3.05) is 0 Å². The van der Waals surface area contributed by atoms with E-state index in [2.05, 4.69) is 43.1 Å². The minimum Gasteiger partial charge on any atom is -0.481 e. The van der Waals surface area contributed by atoms with Gasteiger partial charge in [-0.2, -0.15) is 0 Å². The Hall–Kier alpha value is -1.68. The first-order valence-corrected chi connectivity index (χ1v) is 7.53. The Balaban J connectivity index is 2.13. The van der Waals surface area contributed by atoms with Crippen molar-refractivity contribution in [2.45, 2.75) is 39.5 Å². The molecule has 0 bridgehead atoms. The number of rotatable bonds is 5. The fourth-order valence-corrected chi connectivity index (χ4v) is 3.16. The SMILES string of the molecule is Cc1nc(CC(=O)O)sc1Cc1ccc(C(C)C)cc1. The van der Waals surface area contributed by atoms with Crippen LogP contribution in [0.4, 0.5) is 0 Å². The lowest BCUT2D eigenvalue weighted by Gasteiger charge is -2.06. The molecule has 0 aliphatic heterocycles. The summed E-state index contributed by atoms with van der Waals surface area (Å²) in [4.78, 5) is 16.2. The van der Waals surface area contributed by atoms with E-state index in [0.717, 1.165) is 17.0 Å². The first-order chi connectivity index (χ1) is 9.45. The quantitative estimate of drug-likeness (QED) is 0.911. The lowest BCUT2D eigenvalue weighted by atomic mass is 10.0. The number of aryl methyl sites for hydroxylation is 1. The summed E-state index contributed by atoms with van der Waals surface area (Å²) >= 11 is 1.50. The molecule has 1 aromatic carbocycles. The number of thiazole rings is 1. The normalized spacial score (nSPS) is 11.0. The number of benzene rings is 1. The van der Waals surface area contributed by atoms with Crippen molar-refractivity contribution in [3.63, 3.8) is 0 Å². The Morgan fingerprint density at radius 2 is 1.95 bits per heavy atom. The average Bonchev–Trinajstić information content (AvgIpc) is 2.69. The number of carboxylic acids is 1. The Morgan fingerprint density at radius 1 is 1.30 bits per heavy atom. The summed E-state index contributed by atoms with van der Waals surface area (Å²) in [7, 11) is 0. The molecule has 0 atom stereocenters. The molecule has 2 aromatic rings. The molecule has 20 heavy (non-hydrogen) atoms. The van der Waals surface area contributed by atoms with E-state index < -0.39 is 5.97 Å². The van der Waals surface area contributed by atoms with E-state index in [4.69, 9.17) is 5.11 Å². The van der Waals surface area contributed by atoms with Crippen LogP contribution in [0.3, 0.4) is 0 Å². The lowest BCUT2D eigenvalue weighted by molar-refractivity contribution is -0.136. The van der Waals surface area contributed by atoms with Crippen LogP contribution in [0.5, 0.6) is 0 Å². The van der Waals surface area contributed by atoms with Gasteiger partial charge in [-0.05, 0) is 24.0 Å². The molecule has 1 heterocycles. The minimum absolute atomic E-state index is 0.0117. The van der Waals surface area contributed by atoms with Crippen LogP contribution in [-0.4, -0.2) is 16.1 Å². The fourth-order valence-electron chi connectivity index (χ4n) is 2.06. The zero-order valence-electron chi connectivity index (χ0n) is 12.0. The van der Waals surface area contributed by atoms with Crippen molar-refractivity contribution in [3.8, 4) is 0 Å². The second-order valence-electron chi connectivity index (χ2n) is 5.26. The summed E-state index contributed by atoms with van der Waals surface area (Å²) in [5, 5.41) is 9.49. The molecule has 4 heteroatoms. The molecule has 1 aromatic heterocycles. The van der Waals surface area contributed by atoms with E-state index in [9.17, 15) is 4.79 Å². The van der Waals surface area contributed by atoms with Gasteiger partial charge in [-0.3, -0.25) is 4.79 Å². The number of carbonyl (C=O) groups is 1. The van der Waals surface area contributed by atoms with E-state index in [1.807, 2.05) is 6.92 Å². The van der Waals surface area contributed by atoms with E-state index in [0.29, 0.717) is 10.9 Å². The third-order valence-electron chi connectivity index (χ3n) is 3.25. The number of aliphatic carboxylic acids is 1. The predicted octanol–water partition coefficient (Wildman–Crippen LogP) is 3.79. The smallest absolute Gasteiger partial charge is 0.310 e. The maximum atomic E-state index is 10.7. The Labute approximate surface area is 123 Å². The van der Waals surface area contributed by atoms with Gasteiger partial charge in [0.05, 0.1) is 12.1 Å². The number of carboxylic acid groups (broad SMARTS) is 1. The second-order valence-corrected chi connectivity index (χ2v) is 6.43. The highest BCUT2D eigenvalue weighted by molar-refractivity contribution is 7.11. The number of nitrogens with zero attached hydrogens (tertiary/aromatic N) is 1. The van der Waals surface area contributed by atoms with Gasteiger partial charge in [0.2, 0.25) is 0 Å². The van der Waals surface area contributed by atoms with Crippen LogP contribution < -0.4 is 0 Å². The van der Waals surface area contributed by atoms with E-state index >= 15 is 0 Å². The number of hydrogen-bond acceptors (Lipinski definition) is 3. The third-order valence-corrected chi connectivity index (χ3v) is 4.41. The van der Waals surface area contributed by atoms with Crippen LogP contribution in [0.15, 0.2) is 24.3 Å². The molecule has 0 amide bonds. The highest BCUT2D eigenvalue weighted by Gasteiger charge is 2.11. The predicted molar refractivity (Wildman–Crippen MR) is 81.5 cm³/mol. The van der Waals surface area contributed by atoms with Crippen LogP contribution in [0.25, 0.3) is 0 Å². The topological polar surface area (TPSA) is 50.2 Å². The maximum Gasteiger partial charge on any atom is 0.310 e. The summed E-state index contributed by atoms with van der Waals surface area (Å²) in [5.41, 5.74) is 3.52. The van der Waals surface area contributed by atoms with Crippen molar-refractivity contribution < 1.29 is 9.90 Å². The molecule has 0 aliphatic carbocycles. The molecule has 0 saturated heterocycles. The molecule has 0 aliphatic rings. The Kier molecular flexibility index (Phi) is 4.55. The number of hydrogen-bond donors (Lipinski definition) is 1. The Bertz CT molecular complexity index is 599. The molecule has 0 spiro atoms. The second kappa shape index (κ2) is 6.18. The molecule has 0 radical (unpaired) electrons. The standard InChI is InChI=1S/C16H19NO2S/c1-10(2)13-6-4-12(5-7-13)8-14-11(3)17-15(20-14)9-16(18)19/h4-7,10H,8-9H2,1-3H3,(H,18,19). The summed E-state index contributed by atoms with van der Waals surface area (Å²) in [5.74, 6) is -0.289. The van der Waals surface area contributed by atoms with Gasteiger partial charge in [0.25, 0.3) is 0 Å². The summed E-state index contributed by atoms with van der Waals surface area (Å²) in [6.07, 6.45) is 0.833. The minimum atomic E-state index is -0.827. The van der Waals surface area contributed by atoms with Crippen LogP contribution in [0.2, 0.25) is 0 Å². The molecule has 106 valence electrons. The van der Waals surface area contributed by atoms with E-state index in [1.165, 1.54) is 22.5 Å². The van der Waals surface area contributed by atoms with Gasteiger partial charge in [0, 0.05) is 11.3 Å². The van der Waals surface area contributed by atoms with Crippen LogP contribution in [0, 0.1) is 6.92 Å². The van der Waals surface area contributed by atoms with Gasteiger partial charge in [0.1, 0.15) is 5.01 Å². The maximum absolute atomic E-state index is 10.7. The monoisotopic (exact) mass is 289 g/mol. The van der Waals surface area contributed by atoms with Crippen molar-refractivity contribution in [1.82, 2.24) is 4.98 Å². The molecule has 0 fully saturated rings. The van der Waals surface area contributed by atoms with Crippen LogP contribution in [-0.2, 0) is 17.6 Å². The molecular formula is C16H19NO2S. The van der Waals surface area contributed by atoms with E-state index in [-0.39, 0.29) is 6.42 Å². The van der Waals surface area contributed by atoms with E-state index in [1.54, 1.807) is 0 Å². The first kappa shape index (κ1) is 14.7. The van der Waals surface area contributed by atoms with Gasteiger partial charge < -0.3 is 5.11 Å². The van der Waals surface area contributed by atoms with Crippen LogP contribution >= 0.6 is 11.3 Å². The van der Waals surface area contributed by atoms with Gasteiger partial charge >= 0.3 is 5.97 Å². The highest BCUT2D eigenvalue weighted by Crippen LogP contribution is 2.23. The Morgan fingerprint density at radius 3 is 2.50 bits per heavy atom. The molecule has 3 nitrogen and oxygen atoms in total. The first-order valence-electron chi connectivity index (χ1n) is 6.71. The zero-order chi connectivity index (χ0) is 14.7. The summed E-state index contributed by atoms with van der Waals surface area (Å²) in [6, 6.07) is 8.61. The van der Waals surface area contributed by atoms with Crippen LogP contribution in [0.1, 0.15) is 46.5 Å². The lowest BCUT2D eigenvalue weighted by Crippen LogP contribution is -1.98. The molecule has 0 unspecified atom stereocenters. The van der Waals surface area contributed by atoms with Crippen molar-refractivity contribution in [3.05, 3.63) is 51.0 Å². The van der Waals surface area contributed by atoms with Gasteiger partial charge in [-0.15, -0.1) is 11.3 Å². The third kappa shape index (κ3) is 3.67. The van der Waals surface area contributed by atoms with Gasteiger partial charge in [0.15, 0.2) is 0 Å². The van der Waals surface area contributed by atoms with Gasteiger partial charge in [-0.1, -0.05) is 38.1 Å². The summed E-state index contributed by atoms with van der Waals surface area (Å²) < 4.78 is 0. The summed E-state index contributed by atoms with van der Waals surface area (Å²) in [6.45, 7) is 6.31. The molecule has 1 N–H and O–H groups in total. The zero-order valence-corrected chi connectivity index (χ0v) is 12.8. The molecular weight excluding hydrogens is 270 g/mol. The van der Waals surface area contributed by atoms with Crippen molar-refractivity contribution >= 4 is 17.3 Å². The van der Waals surface area contributed by atoms with Gasteiger partial charge in [-0.25, -0.2) is 4.98 Å². The van der Waals surface area contributed by atoms with Crippen molar-refractivity contribution in [1.29, 1.82) is 0 Å². The highest BCUT2D eigenvalue weighted by atomic mass is 32.1. The molecule has 2 rings (SSSR count). The number of aromatic nitrogens is 1. The average molecular weight is 289 g/mol. The van der Waals surface area contributed by atoms with Crippen molar-refractivity contribution in [2.24, 2.45) is 0 Å². The molecule has 0 saturated carbocycles. The fraction of sp³-hybridized carbons (Fsp3) is 0.375. The largest absolute Gasteiger partial charge is 0.481 e.